The van der Waals surface area contributed by atoms with Crippen molar-refractivity contribution in [2.75, 3.05) is 0 Å². The molecule has 0 radical (unpaired) electrons. The highest BCUT2D eigenvalue weighted by molar-refractivity contribution is 7.11. The summed E-state index contributed by atoms with van der Waals surface area (Å²) in [7, 11) is 0. The average Bonchev–Trinajstić information content (AvgIpc) is 3.01. The molecule has 1 N–H and O–H groups in total. The number of hydrogen-bond acceptors (Lipinski definition) is 4. The van der Waals surface area contributed by atoms with Crippen molar-refractivity contribution in [3.8, 4) is 0 Å². The van der Waals surface area contributed by atoms with Gasteiger partial charge >= 0.3 is 5.97 Å². The number of carboxylic acids is 1. The Labute approximate surface area is 139 Å². The molecule has 0 unspecified atom stereocenters. The van der Waals surface area contributed by atoms with Crippen LogP contribution in [0.25, 0.3) is 0 Å². The van der Waals surface area contributed by atoms with Crippen LogP contribution in [0.2, 0.25) is 0 Å². The summed E-state index contributed by atoms with van der Waals surface area (Å²) >= 11 is 1.66. The number of carboxylic acid groups (broad SMARTS) is 1. The number of thiophene rings is 1. The number of hydrogen-bond donors (Lipinski definition) is 1. The van der Waals surface area contributed by atoms with Gasteiger partial charge in [0.05, 0.1) is 18.4 Å². The van der Waals surface area contributed by atoms with E-state index in [0.717, 1.165) is 4.88 Å². The number of nitrogens with zero attached hydrogens (tertiary/aromatic N) is 1. The van der Waals surface area contributed by atoms with Crippen molar-refractivity contribution in [3.63, 3.8) is 0 Å². The van der Waals surface area contributed by atoms with E-state index >= 15 is 0 Å². The normalized spacial score (nSPS) is 11.0. The molecule has 0 spiro atoms. The minimum absolute atomic E-state index is 0.00289. The topological polar surface area (TPSA) is 70.8 Å². The molecule has 5 nitrogen and oxygen atoms in total. The quantitative estimate of drug-likeness (QED) is 0.875. The molecular formula is C17H21NO4S. The van der Waals surface area contributed by atoms with Gasteiger partial charge in [-0.05, 0) is 39.8 Å². The maximum atomic E-state index is 13.0. The van der Waals surface area contributed by atoms with Crippen LogP contribution >= 0.6 is 11.3 Å². The Morgan fingerprint density at radius 2 is 2.00 bits per heavy atom. The van der Waals surface area contributed by atoms with Gasteiger partial charge in [0.1, 0.15) is 12.2 Å². The summed E-state index contributed by atoms with van der Waals surface area (Å²) in [5.41, 5.74) is 1.04. The summed E-state index contributed by atoms with van der Waals surface area (Å²) in [5, 5.41) is 8.98. The van der Waals surface area contributed by atoms with E-state index in [2.05, 4.69) is 0 Å². The Morgan fingerprint density at radius 3 is 2.52 bits per heavy atom. The van der Waals surface area contributed by atoms with Crippen LogP contribution in [0.5, 0.6) is 0 Å². The van der Waals surface area contributed by atoms with E-state index in [1.54, 1.807) is 23.2 Å². The largest absolute Gasteiger partial charge is 0.481 e. The summed E-state index contributed by atoms with van der Waals surface area (Å²) in [6.07, 6.45) is 1.15. The maximum absolute atomic E-state index is 13.0. The van der Waals surface area contributed by atoms with Gasteiger partial charge in [0.2, 0.25) is 0 Å². The second-order valence-corrected chi connectivity index (χ2v) is 7.20. The zero-order valence-corrected chi connectivity index (χ0v) is 14.6. The van der Waals surface area contributed by atoms with Crippen molar-refractivity contribution in [1.82, 2.24) is 4.90 Å². The number of furan rings is 1. The molecule has 2 rings (SSSR count). The van der Waals surface area contributed by atoms with Gasteiger partial charge < -0.3 is 14.4 Å². The third kappa shape index (κ3) is 4.01. The van der Waals surface area contributed by atoms with Crippen LogP contribution in [0.1, 0.15) is 45.3 Å². The van der Waals surface area contributed by atoms with E-state index in [-0.39, 0.29) is 24.1 Å². The van der Waals surface area contributed by atoms with E-state index in [4.69, 9.17) is 9.52 Å². The maximum Gasteiger partial charge on any atom is 0.311 e. The number of aliphatic carboxylic acids is 1. The summed E-state index contributed by atoms with van der Waals surface area (Å²) in [6, 6.07) is 4.04. The fourth-order valence-electron chi connectivity index (χ4n) is 2.42. The lowest BCUT2D eigenvalue weighted by atomic mass is 10.1. The standard InChI is InChI=1S/C17H21NO4S/c1-10(2)18(8-13-6-5-12(4)23-13)17(21)16-11(3)9-22-14(16)7-15(19)20/h5-6,9-10H,7-8H2,1-4H3,(H,19,20). The van der Waals surface area contributed by atoms with Gasteiger partial charge in [-0.3, -0.25) is 9.59 Å². The minimum Gasteiger partial charge on any atom is -0.481 e. The van der Waals surface area contributed by atoms with Gasteiger partial charge in [-0.15, -0.1) is 11.3 Å². The first-order valence-corrected chi connectivity index (χ1v) is 8.26. The molecule has 2 heterocycles. The van der Waals surface area contributed by atoms with Crippen molar-refractivity contribution < 1.29 is 19.1 Å². The molecule has 124 valence electrons. The van der Waals surface area contributed by atoms with Crippen LogP contribution in [0.15, 0.2) is 22.8 Å². The Morgan fingerprint density at radius 1 is 1.30 bits per heavy atom. The van der Waals surface area contributed by atoms with Crippen molar-refractivity contribution in [3.05, 3.63) is 45.0 Å². The van der Waals surface area contributed by atoms with Crippen LogP contribution in [0, 0.1) is 13.8 Å². The Balaban J connectivity index is 2.31. The number of carbonyl (C=O) groups is 2. The van der Waals surface area contributed by atoms with Crippen LogP contribution in [-0.4, -0.2) is 27.9 Å². The Hall–Kier alpha value is -2.08. The predicted octanol–water partition coefficient (Wildman–Crippen LogP) is 3.64. The lowest BCUT2D eigenvalue weighted by Crippen LogP contribution is -2.36. The molecule has 0 aromatic carbocycles. The number of rotatable bonds is 6. The highest BCUT2D eigenvalue weighted by Crippen LogP contribution is 2.24. The van der Waals surface area contributed by atoms with Gasteiger partial charge in [-0.25, -0.2) is 0 Å². The van der Waals surface area contributed by atoms with Crippen molar-refractivity contribution in [2.24, 2.45) is 0 Å². The summed E-state index contributed by atoms with van der Waals surface area (Å²) < 4.78 is 5.29. The van der Waals surface area contributed by atoms with E-state index in [1.165, 1.54) is 11.1 Å². The molecule has 23 heavy (non-hydrogen) atoms. The first kappa shape index (κ1) is 17.3. The molecule has 2 aromatic heterocycles. The molecule has 0 aliphatic carbocycles. The summed E-state index contributed by atoms with van der Waals surface area (Å²) in [4.78, 5) is 28.0. The van der Waals surface area contributed by atoms with Gasteiger partial charge in [0, 0.05) is 21.4 Å². The van der Waals surface area contributed by atoms with Crippen LogP contribution in [-0.2, 0) is 17.8 Å². The monoisotopic (exact) mass is 335 g/mol. The summed E-state index contributed by atoms with van der Waals surface area (Å²) in [6.45, 7) is 8.19. The molecule has 1 amide bonds. The van der Waals surface area contributed by atoms with Gasteiger partial charge in [0.25, 0.3) is 5.91 Å². The highest BCUT2D eigenvalue weighted by Gasteiger charge is 2.27. The van der Waals surface area contributed by atoms with E-state index in [0.29, 0.717) is 17.7 Å². The van der Waals surface area contributed by atoms with Crippen molar-refractivity contribution >= 4 is 23.2 Å². The Bertz CT molecular complexity index is 714. The SMILES string of the molecule is Cc1ccc(CN(C(=O)c2c(C)coc2CC(=O)O)C(C)C)s1. The molecule has 2 aromatic rings. The molecule has 0 bridgehead atoms. The van der Waals surface area contributed by atoms with Gasteiger partial charge in [0.15, 0.2) is 0 Å². The third-order valence-corrected chi connectivity index (χ3v) is 4.57. The summed E-state index contributed by atoms with van der Waals surface area (Å²) in [5.74, 6) is -0.986. The number of aryl methyl sites for hydroxylation is 2. The molecule has 0 atom stereocenters. The minimum atomic E-state index is -1.02. The second-order valence-electron chi connectivity index (χ2n) is 5.83. The zero-order chi connectivity index (χ0) is 17.1. The Kier molecular flexibility index (Phi) is 5.26. The first-order chi connectivity index (χ1) is 10.8. The van der Waals surface area contributed by atoms with E-state index < -0.39 is 5.97 Å². The lowest BCUT2D eigenvalue weighted by Gasteiger charge is -2.26. The van der Waals surface area contributed by atoms with Crippen LogP contribution in [0.3, 0.4) is 0 Å². The molecule has 0 fully saturated rings. The molecule has 0 aliphatic heterocycles. The van der Waals surface area contributed by atoms with Gasteiger partial charge in [-0.1, -0.05) is 0 Å². The predicted molar refractivity (Wildman–Crippen MR) is 88.9 cm³/mol. The highest BCUT2D eigenvalue weighted by atomic mass is 32.1. The zero-order valence-electron chi connectivity index (χ0n) is 13.8. The fraction of sp³-hybridized carbons (Fsp3) is 0.412. The third-order valence-electron chi connectivity index (χ3n) is 3.58. The van der Waals surface area contributed by atoms with E-state index in [1.807, 2.05) is 32.9 Å². The molecular weight excluding hydrogens is 314 g/mol. The number of carbonyl (C=O) groups excluding carboxylic acids is 1. The molecule has 6 heteroatoms. The van der Waals surface area contributed by atoms with Crippen LogP contribution < -0.4 is 0 Å². The smallest absolute Gasteiger partial charge is 0.311 e. The molecule has 0 aliphatic rings. The number of amides is 1. The van der Waals surface area contributed by atoms with Crippen molar-refractivity contribution in [1.29, 1.82) is 0 Å². The van der Waals surface area contributed by atoms with Crippen LogP contribution in [0.4, 0.5) is 0 Å². The molecule has 0 saturated carbocycles. The van der Waals surface area contributed by atoms with Crippen molar-refractivity contribution in [2.45, 2.75) is 46.7 Å². The van der Waals surface area contributed by atoms with E-state index in [9.17, 15) is 9.59 Å². The first-order valence-electron chi connectivity index (χ1n) is 7.44. The lowest BCUT2D eigenvalue weighted by molar-refractivity contribution is -0.136. The van der Waals surface area contributed by atoms with Gasteiger partial charge in [-0.2, -0.15) is 0 Å². The molecule has 0 saturated heterocycles. The average molecular weight is 335 g/mol. The fourth-order valence-corrected chi connectivity index (χ4v) is 3.31. The second kappa shape index (κ2) is 7.00.